The molecular formula is C18H26FNO2. The minimum absolute atomic E-state index is 0.181. The van der Waals surface area contributed by atoms with E-state index >= 15 is 0 Å². The number of hydrogen-bond donors (Lipinski definition) is 2. The molecule has 0 heterocycles. The van der Waals surface area contributed by atoms with E-state index < -0.39 is 0 Å². The van der Waals surface area contributed by atoms with Crippen molar-refractivity contribution in [3.63, 3.8) is 0 Å². The number of carbonyl (C=O) groups is 1. The number of benzene rings is 1. The monoisotopic (exact) mass is 307 g/mol. The van der Waals surface area contributed by atoms with Crippen LogP contribution in [0, 0.1) is 31.5 Å². The number of hydroxylamine groups is 1. The van der Waals surface area contributed by atoms with Crippen LogP contribution in [0.5, 0.6) is 0 Å². The number of amides is 1. The van der Waals surface area contributed by atoms with Crippen LogP contribution in [0.3, 0.4) is 0 Å². The first kappa shape index (κ1) is 16.9. The summed E-state index contributed by atoms with van der Waals surface area (Å²) in [5.41, 5.74) is 3.98. The Bertz CT molecular complexity index is 501. The van der Waals surface area contributed by atoms with Crippen molar-refractivity contribution in [2.45, 2.75) is 58.8 Å². The lowest BCUT2D eigenvalue weighted by Crippen LogP contribution is -2.31. The van der Waals surface area contributed by atoms with Gasteiger partial charge in [-0.25, -0.2) is 9.87 Å². The van der Waals surface area contributed by atoms with Gasteiger partial charge in [0.1, 0.15) is 5.82 Å². The quantitative estimate of drug-likeness (QED) is 0.636. The van der Waals surface area contributed by atoms with Gasteiger partial charge < -0.3 is 0 Å². The van der Waals surface area contributed by atoms with Gasteiger partial charge in [0.15, 0.2) is 0 Å². The maximum atomic E-state index is 13.7. The van der Waals surface area contributed by atoms with E-state index in [1.54, 1.807) is 31.5 Å². The minimum Gasteiger partial charge on any atom is -0.289 e. The molecule has 3 nitrogen and oxygen atoms in total. The molecule has 1 aromatic rings. The molecule has 1 amide bonds. The molecule has 2 rings (SSSR count). The maximum absolute atomic E-state index is 13.7. The fraction of sp³-hybridized carbons (Fsp3) is 0.611. The van der Waals surface area contributed by atoms with E-state index in [1.165, 1.54) is 19.3 Å². The summed E-state index contributed by atoms with van der Waals surface area (Å²) in [6.07, 6.45) is 7.41. The van der Waals surface area contributed by atoms with Gasteiger partial charge in [0.05, 0.1) is 0 Å². The molecule has 1 aromatic carbocycles. The first-order valence-electron chi connectivity index (χ1n) is 8.20. The molecule has 0 bridgehead atoms. The zero-order valence-corrected chi connectivity index (χ0v) is 13.5. The summed E-state index contributed by atoms with van der Waals surface area (Å²) < 4.78 is 13.7. The van der Waals surface area contributed by atoms with Crippen LogP contribution in [0.25, 0.3) is 0 Å². The van der Waals surface area contributed by atoms with E-state index in [9.17, 15) is 9.18 Å². The van der Waals surface area contributed by atoms with E-state index in [4.69, 9.17) is 5.21 Å². The van der Waals surface area contributed by atoms with E-state index in [1.807, 2.05) is 0 Å². The van der Waals surface area contributed by atoms with Crippen LogP contribution in [0.2, 0.25) is 0 Å². The molecule has 4 heteroatoms. The van der Waals surface area contributed by atoms with Crippen LogP contribution in [-0.2, 0) is 11.2 Å². The third-order valence-corrected chi connectivity index (χ3v) is 4.80. The second-order valence-electron chi connectivity index (χ2n) is 6.66. The fourth-order valence-corrected chi connectivity index (χ4v) is 3.64. The Labute approximate surface area is 131 Å². The van der Waals surface area contributed by atoms with Gasteiger partial charge in [-0.15, -0.1) is 0 Å². The van der Waals surface area contributed by atoms with Crippen molar-refractivity contribution in [3.8, 4) is 0 Å². The molecule has 0 unspecified atom stereocenters. The summed E-state index contributed by atoms with van der Waals surface area (Å²) in [5.74, 6) is -0.208. The lowest BCUT2D eigenvalue weighted by atomic mass is 9.80. The van der Waals surface area contributed by atoms with Gasteiger partial charge >= 0.3 is 0 Å². The lowest BCUT2D eigenvalue weighted by Gasteiger charge is -2.25. The predicted octanol–water partition coefficient (Wildman–Crippen LogP) is 4.08. The SMILES string of the molecule is Cc1cc(C[C@H](CC2CCCCC2)C(=O)NO)cc(C)c1F. The van der Waals surface area contributed by atoms with Crippen LogP contribution in [0.15, 0.2) is 12.1 Å². The average molecular weight is 307 g/mol. The van der Waals surface area contributed by atoms with Gasteiger partial charge in [-0.2, -0.15) is 0 Å². The highest BCUT2D eigenvalue weighted by atomic mass is 19.1. The zero-order chi connectivity index (χ0) is 16.1. The Morgan fingerprint density at radius 1 is 1.27 bits per heavy atom. The molecule has 1 atom stereocenters. The van der Waals surface area contributed by atoms with E-state index in [-0.39, 0.29) is 17.6 Å². The summed E-state index contributed by atoms with van der Waals surface area (Å²) in [6.45, 7) is 3.49. The molecule has 0 aromatic heterocycles. The molecule has 0 radical (unpaired) electrons. The van der Waals surface area contributed by atoms with Gasteiger partial charge in [-0.1, -0.05) is 44.2 Å². The van der Waals surface area contributed by atoms with Crippen LogP contribution in [0.4, 0.5) is 4.39 Å². The molecule has 1 aliphatic rings. The van der Waals surface area contributed by atoms with Gasteiger partial charge in [-0.05, 0) is 49.3 Å². The van der Waals surface area contributed by atoms with Crippen molar-refractivity contribution in [2.24, 2.45) is 11.8 Å². The highest BCUT2D eigenvalue weighted by Crippen LogP contribution is 2.30. The summed E-state index contributed by atoms with van der Waals surface area (Å²) in [6, 6.07) is 3.61. The Morgan fingerprint density at radius 2 is 1.86 bits per heavy atom. The molecule has 1 fully saturated rings. The number of aryl methyl sites for hydroxylation is 2. The Hall–Kier alpha value is -1.42. The highest BCUT2D eigenvalue weighted by Gasteiger charge is 2.24. The summed E-state index contributed by atoms with van der Waals surface area (Å²) in [7, 11) is 0. The number of nitrogens with one attached hydrogen (secondary N) is 1. The normalized spacial score (nSPS) is 17.3. The predicted molar refractivity (Wildman–Crippen MR) is 84.2 cm³/mol. The van der Waals surface area contributed by atoms with E-state index in [0.717, 1.165) is 24.8 Å². The largest absolute Gasteiger partial charge is 0.289 e. The summed E-state index contributed by atoms with van der Waals surface area (Å²) in [4.78, 5) is 12.0. The number of hydrogen-bond acceptors (Lipinski definition) is 2. The second-order valence-corrected chi connectivity index (χ2v) is 6.66. The molecule has 0 aliphatic heterocycles. The number of carbonyl (C=O) groups excluding carboxylic acids is 1. The van der Waals surface area contributed by atoms with Crippen LogP contribution in [-0.4, -0.2) is 11.1 Å². The topological polar surface area (TPSA) is 49.3 Å². The third kappa shape index (κ3) is 4.29. The van der Waals surface area contributed by atoms with Crippen molar-refractivity contribution < 1.29 is 14.4 Å². The van der Waals surface area contributed by atoms with Crippen molar-refractivity contribution in [1.82, 2.24) is 5.48 Å². The number of rotatable bonds is 5. The number of halogens is 1. The first-order chi connectivity index (χ1) is 10.5. The molecule has 122 valence electrons. The highest BCUT2D eigenvalue weighted by molar-refractivity contribution is 5.77. The lowest BCUT2D eigenvalue weighted by molar-refractivity contribution is -0.134. The molecule has 0 saturated heterocycles. The van der Waals surface area contributed by atoms with Crippen molar-refractivity contribution >= 4 is 5.91 Å². The van der Waals surface area contributed by atoms with Crippen LogP contribution in [0.1, 0.15) is 55.2 Å². The molecule has 22 heavy (non-hydrogen) atoms. The smallest absolute Gasteiger partial charge is 0.246 e. The fourth-order valence-electron chi connectivity index (χ4n) is 3.64. The maximum Gasteiger partial charge on any atom is 0.246 e. The van der Waals surface area contributed by atoms with Crippen molar-refractivity contribution in [1.29, 1.82) is 0 Å². The molecule has 0 spiro atoms. The second kappa shape index (κ2) is 7.73. The van der Waals surface area contributed by atoms with Gasteiger partial charge in [0, 0.05) is 5.92 Å². The standard InChI is InChI=1S/C18H26FNO2/c1-12-8-15(9-13(2)17(12)19)11-16(18(21)20-22)10-14-6-4-3-5-7-14/h8-9,14,16,22H,3-7,10-11H2,1-2H3,(H,20,21)/t16-/m0/s1. The Morgan fingerprint density at radius 3 is 2.41 bits per heavy atom. The average Bonchev–Trinajstić information content (AvgIpc) is 2.52. The molecule has 1 aliphatic carbocycles. The van der Waals surface area contributed by atoms with Crippen LogP contribution < -0.4 is 5.48 Å². The van der Waals surface area contributed by atoms with Gasteiger partial charge in [0.2, 0.25) is 5.91 Å². The van der Waals surface area contributed by atoms with E-state index in [0.29, 0.717) is 23.5 Å². The molecule has 2 N–H and O–H groups in total. The van der Waals surface area contributed by atoms with Crippen LogP contribution >= 0.6 is 0 Å². The Kier molecular flexibility index (Phi) is 5.95. The van der Waals surface area contributed by atoms with Gasteiger partial charge in [-0.3, -0.25) is 10.0 Å². The summed E-state index contributed by atoms with van der Waals surface area (Å²) >= 11 is 0. The first-order valence-corrected chi connectivity index (χ1v) is 8.20. The molecule has 1 saturated carbocycles. The van der Waals surface area contributed by atoms with Crippen molar-refractivity contribution in [3.05, 3.63) is 34.6 Å². The van der Waals surface area contributed by atoms with Gasteiger partial charge in [0.25, 0.3) is 0 Å². The molecular weight excluding hydrogens is 281 g/mol. The summed E-state index contributed by atoms with van der Waals surface area (Å²) in [5, 5.41) is 9.01. The Balaban J connectivity index is 2.10. The van der Waals surface area contributed by atoms with E-state index in [2.05, 4.69) is 0 Å². The third-order valence-electron chi connectivity index (χ3n) is 4.80. The zero-order valence-electron chi connectivity index (χ0n) is 13.5. The minimum atomic E-state index is -0.329. The van der Waals surface area contributed by atoms with Crippen molar-refractivity contribution in [2.75, 3.05) is 0 Å².